The van der Waals surface area contributed by atoms with Gasteiger partial charge in [-0.1, -0.05) is 43.6 Å². The molecule has 1 aromatic carbocycles. The molecule has 2 nitrogen and oxygen atoms in total. The normalized spacial score (nSPS) is 10.5. The minimum atomic E-state index is 0. The Labute approximate surface area is 113 Å². The minimum Gasteiger partial charge on any atom is -0.324 e. The summed E-state index contributed by atoms with van der Waals surface area (Å²) < 4.78 is 1.12. The molecule has 0 fully saturated rings. The average molecular weight is 308 g/mol. The Hall–Kier alpha value is -0.250. The summed E-state index contributed by atoms with van der Waals surface area (Å²) >= 11 is 3.54. The summed E-state index contributed by atoms with van der Waals surface area (Å²) in [6.07, 6.45) is 0. The van der Waals surface area contributed by atoms with E-state index in [-0.39, 0.29) is 12.4 Å². The van der Waals surface area contributed by atoms with Gasteiger partial charge in [0.2, 0.25) is 0 Å². The van der Waals surface area contributed by atoms with E-state index in [1.807, 2.05) is 0 Å². The van der Waals surface area contributed by atoms with Gasteiger partial charge >= 0.3 is 0 Å². The highest BCUT2D eigenvalue weighted by atomic mass is 79.9. The number of anilines is 1. The maximum Gasteiger partial charge on any atom is 0.0555 e. The maximum absolute atomic E-state index is 5.61. The number of hydrogen-bond donors (Lipinski definition) is 2. The van der Waals surface area contributed by atoms with E-state index in [4.69, 9.17) is 5.84 Å². The molecule has 92 valence electrons. The van der Waals surface area contributed by atoms with Crippen LogP contribution >= 0.6 is 28.3 Å². The number of hydrogen-bond acceptors (Lipinski definition) is 2. The lowest BCUT2D eigenvalue weighted by atomic mass is 9.93. The summed E-state index contributed by atoms with van der Waals surface area (Å²) in [6, 6.07) is 4.26. The van der Waals surface area contributed by atoms with Crippen LogP contribution in [0.1, 0.15) is 50.7 Å². The topological polar surface area (TPSA) is 38.0 Å². The zero-order chi connectivity index (χ0) is 11.6. The van der Waals surface area contributed by atoms with Crippen LogP contribution in [0.15, 0.2) is 16.6 Å². The number of benzene rings is 1. The van der Waals surface area contributed by atoms with E-state index in [9.17, 15) is 0 Å². The van der Waals surface area contributed by atoms with Crippen LogP contribution in [0.25, 0.3) is 0 Å². The van der Waals surface area contributed by atoms with Crippen LogP contribution in [0.4, 0.5) is 5.69 Å². The molecule has 0 saturated carbocycles. The van der Waals surface area contributed by atoms with Gasteiger partial charge in [-0.2, -0.15) is 0 Å². The third-order valence-electron chi connectivity index (χ3n) is 2.55. The van der Waals surface area contributed by atoms with E-state index in [0.29, 0.717) is 11.8 Å². The SMILES string of the molecule is CC(C)c1cc(Br)cc(C(C)C)c1NN.Cl. The molecular formula is C12H20BrClN2. The molecule has 16 heavy (non-hydrogen) atoms. The fraction of sp³-hybridized carbons (Fsp3) is 0.500. The summed E-state index contributed by atoms with van der Waals surface area (Å²) in [6.45, 7) is 8.69. The van der Waals surface area contributed by atoms with Gasteiger partial charge < -0.3 is 5.43 Å². The van der Waals surface area contributed by atoms with Crippen LogP contribution in [0.5, 0.6) is 0 Å². The van der Waals surface area contributed by atoms with Crippen molar-refractivity contribution in [3.05, 3.63) is 27.7 Å². The van der Waals surface area contributed by atoms with Gasteiger partial charge in [0.1, 0.15) is 0 Å². The lowest BCUT2D eigenvalue weighted by Gasteiger charge is -2.19. The number of hydrazine groups is 1. The van der Waals surface area contributed by atoms with Crippen LogP contribution in [0.3, 0.4) is 0 Å². The first-order chi connectivity index (χ1) is 6.97. The van der Waals surface area contributed by atoms with Gasteiger partial charge in [-0.15, -0.1) is 12.4 Å². The second-order valence-electron chi connectivity index (χ2n) is 4.41. The highest BCUT2D eigenvalue weighted by Crippen LogP contribution is 2.34. The van der Waals surface area contributed by atoms with Crippen molar-refractivity contribution in [2.75, 3.05) is 5.43 Å². The lowest BCUT2D eigenvalue weighted by Crippen LogP contribution is -2.13. The molecule has 0 atom stereocenters. The van der Waals surface area contributed by atoms with Gasteiger partial charge in [-0.05, 0) is 35.1 Å². The third kappa shape index (κ3) is 3.37. The fourth-order valence-corrected chi connectivity index (χ4v) is 2.22. The Bertz CT molecular complexity index is 322. The van der Waals surface area contributed by atoms with Crippen molar-refractivity contribution in [3.63, 3.8) is 0 Å². The second kappa shape index (κ2) is 6.48. The van der Waals surface area contributed by atoms with Crippen molar-refractivity contribution in [2.45, 2.75) is 39.5 Å². The van der Waals surface area contributed by atoms with E-state index in [2.05, 4.69) is 61.2 Å². The highest BCUT2D eigenvalue weighted by Gasteiger charge is 2.14. The van der Waals surface area contributed by atoms with Crippen LogP contribution in [-0.2, 0) is 0 Å². The average Bonchev–Trinajstić information content (AvgIpc) is 2.16. The summed E-state index contributed by atoms with van der Waals surface area (Å²) in [4.78, 5) is 0. The number of nitrogens with one attached hydrogen (secondary N) is 1. The molecule has 0 bridgehead atoms. The molecule has 0 heterocycles. The van der Waals surface area contributed by atoms with Gasteiger partial charge in [0.25, 0.3) is 0 Å². The summed E-state index contributed by atoms with van der Waals surface area (Å²) in [5.41, 5.74) is 6.43. The summed E-state index contributed by atoms with van der Waals surface area (Å²) in [5, 5.41) is 0. The Morgan fingerprint density at radius 2 is 1.44 bits per heavy atom. The van der Waals surface area contributed by atoms with Gasteiger partial charge in [0, 0.05) is 4.47 Å². The van der Waals surface area contributed by atoms with Crippen LogP contribution in [-0.4, -0.2) is 0 Å². The highest BCUT2D eigenvalue weighted by molar-refractivity contribution is 9.10. The molecule has 0 aliphatic rings. The number of rotatable bonds is 3. The predicted molar refractivity (Wildman–Crippen MR) is 77.4 cm³/mol. The quantitative estimate of drug-likeness (QED) is 0.641. The molecule has 0 spiro atoms. The smallest absolute Gasteiger partial charge is 0.0555 e. The Morgan fingerprint density at radius 1 is 1.06 bits per heavy atom. The van der Waals surface area contributed by atoms with Gasteiger partial charge in [-0.25, -0.2) is 0 Å². The van der Waals surface area contributed by atoms with E-state index < -0.39 is 0 Å². The Kier molecular flexibility index (Phi) is 6.38. The zero-order valence-electron chi connectivity index (χ0n) is 10.2. The number of nitrogens with two attached hydrogens (primary N) is 1. The van der Waals surface area contributed by atoms with Gasteiger partial charge in [0.15, 0.2) is 0 Å². The monoisotopic (exact) mass is 306 g/mol. The Balaban J connectivity index is 0.00000225. The lowest BCUT2D eigenvalue weighted by molar-refractivity contribution is 0.833. The van der Waals surface area contributed by atoms with E-state index in [1.54, 1.807) is 0 Å². The molecule has 3 N–H and O–H groups in total. The molecule has 0 amide bonds. The molecule has 0 aliphatic heterocycles. The van der Waals surface area contributed by atoms with Crippen molar-refractivity contribution in [2.24, 2.45) is 5.84 Å². The van der Waals surface area contributed by atoms with E-state index in [1.165, 1.54) is 11.1 Å². The maximum atomic E-state index is 5.61. The molecule has 0 saturated heterocycles. The first-order valence-corrected chi connectivity index (χ1v) is 6.06. The van der Waals surface area contributed by atoms with Crippen molar-refractivity contribution in [1.82, 2.24) is 0 Å². The molecule has 0 aromatic heterocycles. The number of halogens is 2. The fourth-order valence-electron chi connectivity index (χ4n) is 1.73. The molecular weight excluding hydrogens is 288 g/mol. The first kappa shape index (κ1) is 15.8. The molecule has 0 aliphatic carbocycles. The summed E-state index contributed by atoms with van der Waals surface area (Å²) in [5.74, 6) is 6.54. The van der Waals surface area contributed by atoms with Crippen molar-refractivity contribution < 1.29 is 0 Å². The van der Waals surface area contributed by atoms with Crippen LogP contribution in [0.2, 0.25) is 0 Å². The second-order valence-corrected chi connectivity index (χ2v) is 5.33. The van der Waals surface area contributed by atoms with Gasteiger partial charge in [0.05, 0.1) is 5.69 Å². The first-order valence-electron chi connectivity index (χ1n) is 5.27. The molecule has 0 unspecified atom stereocenters. The van der Waals surface area contributed by atoms with E-state index >= 15 is 0 Å². The van der Waals surface area contributed by atoms with Crippen molar-refractivity contribution in [1.29, 1.82) is 0 Å². The standard InChI is InChI=1S/C12H19BrN2.ClH/c1-7(2)10-5-9(13)6-11(8(3)4)12(10)15-14;/h5-8,15H,14H2,1-4H3;1H. The molecule has 1 rings (SSSR count). The number of nitrogen functional groups attached to an aromatic ring is 1. The minimum absolute atomic E-state index is 0. The van der Waals surface area contributed by atoms with Crippen molar-refractivity contribution in [3.8, 4) is 0 Å². The van der Waals surface area contributed by atoms with E-state index in [0.717, 1.165) is 10.2 Å². The molecule has 0 radical (unpaired) electrons. The third-order valence-corrected chi connectivity index (χ3v) is 3.01. The summed E-state index contributed by atoms with van der Waals surface area (Å²) in [7, 11) is 0. The van der Waals surface area contributed by atoms with Crippen LogP contribution < -0.4 is 11.3 Å². The predicted octanol–water partition coefficient (Wildman–Crippen LogP) is 4.40. The Morgan fingerprint density at radius 3 is 1.69 bits per heavy atom. The van der Waals surface area contributed by atoms with Crippen LogP contribution in [0, 0.1) is 0 Å². The zero-order valence-corrected chi connectivity index (χ0v) is 12.6. The largest absolute Gasteiger partial charge is 0.324 e. The molecule has 4 heteroatoms. The van der Waals surface area contributed by atoms with Crippen molar-refractivity contribution >= 4 is 34.0 Å². The van der Waals surface area contributed by atoms with Gasteiger partial charge in [-0.3, -0.25) is 5.84 Å². The molecule has 1 aromatic rings.